The number of rotatable bonds is 3. The summed E-state index contributed by atoms with van der Waals surface area (Å²) in [5, 5.41) is 3.94. The van der Waals surface area contributed by atoms with Gasteiger partial charge in [-0.25, -0.2) is 4.39 Å². The molecule has 0 bridgehead atoms. The number of benzene rings is 2. The second-order valence-corrected chi connectivity index (χ2v) is 6.08. The van der Waals surface area contributed by atoms with Gasteiger partial charge in [0.1, 0.15) is 5.82 Å². The van der Waals surface area contributed by atoms with E-state index in [4.69, 9.17) is 11.6 Å². The van der Waals surface area contributed by atoms with Crippen LogP contribution in [-0.4, -0.2) is 7.05 Å². The third kappa shape index (κ3) is 2.83. The van der Waals surface area contributed by atoms with Crippen LogP contribution in [0.25, 0.3) is 0 Å². The lowest BCUT2D eigenvalue weighted by atomic mass is 9.77. The first kappa shape index (κ1) is 14.6. The largest absolute Gasteiger partial charge is 0.313 e. The van der Waals surface area contributed by atoms with Crippen molar-refractivity contribution < 1.29 is 4.39 Å². The second-order valence-electron chi connectivity index (χ2n) is 5.67. The standard InChI is InChI=1S/C18H19ClFN/c1-21-18-13(10-9-12-5-2-3-6-14(12)18)11-15-16(19)7-4-8-17(15)20/h2-8,13,18,21H,9-11H2,1H3. The van der Waals surface area contributed by atoms with Crippen LogP contribution in [0.2, 0.25) is 5.02 Å². The predicted molar refractivity (Wildman–Crippen MR) is 85.2 cm³/mol. The molecule has 1 nitrogen and oxygen atoms in total. The van der Waals surface area contributed by atoms with Crippen LogP contribution in [0.3, 0.4) is 0 Å². The number of aryl methyl sites for hydroxylation is 1. The topological polar surface area (TPSA) is 12.0 Å². The minimum Gasteiger partial charge on any atom is -0.313 e. The van der Waals surface area contributed by atoms with Crippen molar-refractivity contribution in [2.45, 2.75) is 25.3 Å². The normalized spacial score (nSPS) is 21.1. The first-order chi connectivity index (χ1) is 10.2. The Bertz CT molecular complexity index is 621. The smallest absolute Gasteiger partial charge is 0.127 e. The van der Waals surface area contributed by atoms with Gasteiger partial charge >= 0.3 is 0 Å². The Kier molecular flexibility index (Phi) is 4.27. The van der Waals surface area contributed by atoms with Crippen molar-refractivity contribution in [1.29, 1.82) is 0 Å². The predicted octanol–water partition coefficient (Wildman–Crippen LogP) is 4.54. The van der Waals surface area contributed by atoms with Gasteiger partial charge in [-0.3, -0.25) is 0 Å². The maximum atomic E-state index is 14.0. The van der Waals surface area contributed by atoms with Gasteiger partial charge in [-0.1, -0.05) is 41.9 Å². The fourth-order valence-electron chi connectivity index (χ4n) is 3.43. The van der Waals surface area contributed by atoms with E-state index in [2.05, 4.69) is 29.6 Å². The van der Waals surface area contributed by atoms with Gasteiger partial charge < -0.3 is 5.32 Å². The fraction of sp³-hybridized carbons (Fsp3) is 0.333. The molecule has 110 valence electrons. The Morgan fingerprint density at radius 1 is 1.19 bits per heavy atom. The molecule has 3 heteroatoms. The van der Waals surface area contributed by atoms with Gasteiger partial charge in [0.05, 0.1) is 0 Å². The van der Waals surface area contributed by atoms with Crippen LogP contribution in [0.1, 0.15) is 29.2 Å². The van der Waals surface area contributed by atoms with E-state index in [0.29, 0.717) is 22.9 Å². The van der Waals surface area contributed by atoms with Crippen molar-refractivity contribution in [3.63, 3.8) is 0 Å². The number of fused-ring (bicyclic) bond motifs is 1. The molecule has 2 atom stereocenters. The second kappa shape index (κ2) is 6.17. The van der Waals surface area contributed by atoms with Crippen LogP contribution in [-0.2, 0) is 12.8 Å². The third-order valence-corrected chi connectivity index (χ3v) is 4.84. The van der Waals surface area contributed by atoms with Crippen molar-refractivity contribution in [3.05, 3.63) is 70.0 Å². The molecule has 0 saturated heterocycles. The van der Waals surface area contributed by atoms with E-state index >= 15 is 0 Å². The van der Waals surface area contributed by atoms with Crippen molar-refractivity contribution >= 4 is 11.6 Å². The van der Waals surface area contributed by atoms with E-state index in [-0.39, 0.29) is 11.9 Å². The zero-order valence-corrected chi connectivity index (χ0v) is 12.8. The maximum Gasteiger partial charge on any atom is 0.127 e. The van der Waals surface area contributed by atoms with Crippen LogP contribution >= 0.6 is 11.6 Å². The summed E-state index contributed by atoms with van der Waals surface area (Å²) in [5.41, 5.74) is 3.38. The lowest BCUT2D eigenvalue weighted by Crippen LogP contribution is -2.31. The van der Waals surface area contributed by atoms with Gasteiger partial charge in [-0.2, -0.15) is 0 Å². The molecule has 0 heterocycles. The average molecular weight is 304 g/mol. The van der Waals surface area contributed by atoms with Crippen LogP contribution < -0.4 is 5.32 Å². The molecule has 21 heavy (non-hydrogen) atoms. The monoisotopic (exact) mass is 303 g/mol. The van der Waals surface area contributed by atoms with E-state index < -0.39 is 0 Å². The molecule has 1 aliphatic carbocycles. The Labute approximate surface area is 130 Å². The van der Waals surface area contributed by atoms with Crippen LogP contribution in [0.15, 0.2) is 42.5 Å². The average Bonchev–Trinajstić information content (AvgIpc) is 2.50. The van der Waals surface area contributed by atoms with Crippen molar-refractivity contribution in [2.24, 2.45) is 5.92 Å². The molecule has 0 radical (unpaired) electrons. The molecule has 0 aliphatic heterocycles. The first-order valence-corrected chi connectivity index (χ1v) is 7.76. The van der Waals surface area contributed by atoms with Crippen molar-refractivity contribution in [1.82, 2.24) is 5.32 Å². The molecule has 0 amide bonds. The molecule has 0 aromatic heterocycles. The number of halogens is 2. The Morgan fingerprint density at radius 3 is 2.76 bits per heavy atom. The van der Waals surface area contributed by atoms with Crippen LogP contribution in [0, 0.1) is 11.7 Å². The zero-order valence-electron chi connectivity index (χ0n) is 12.1. The van der Waals surface area contributed by atoms with Crippen molar-refractivity contribution in [3.8, 4) is 0 Å². The minimum atomic E-state index is -0.198. The van der Waals surface area contributed by atoms with Gasteiger partial charge in [0, 0.05) is 16.6 Å². The quantitative estimate of drug-likeness (QED) is 0.877. The van der Waals surface area contributed by atoms with Gasteiger partial charge in [0.2, 0.25) is 0 Å². The fourth-order valence-corrected chi connectivity index (χ4v) is 3.67. The minimum absolute atomic E-state index is 0.198. The van der Waals surface area contributed by atoms with Gasteiger partial charge in [-0.05, 0) is 55.5 Å². The highest BCUT2D eigenvalue weighted by Gasteiger charge is 2.29. The van der Waals surface area contributed by atoms with Crippen molar-refractivity contribution in [2.75, 3.05) is 7.05 Å². The molecule has 2 aromatic rings. The molecular weight excluding hydrogens is 285 g/mol. The Balaban J connectivity index is 1.90. The van der Waals surface area contributed by atoms with Crippen LogP contribution in [0.4, 0.5) is 4.39 Å². The molecule has 0 saturated carbocycles. The summed E-state index contributed by atoms with van der Waals surface area (Å²) in [6.07, 6.45) is 2.77. The van der Waals surface area contributed by atoms with E-state index in [1.54, 1.807) is 12.1 Å². The lowest BCUT2D eigenvalue weighted by Gasteiger charge is -2.34. The lowest BCUT2D eigenvalue weighted by molar-refractivity contribution is 0.331. The zero-order chi connectivity index (χ0) is 14.8. The summed E-state index contributed by atoms with van der Waals surface area (Å²) in [7, 11) is 1.97. The molecular formula is C18H19ClFN. The summed E-state index contributed by atoms with van der Waals surface area (Å²) >= 11 is 6.18. The summed E-state index contributed by atoms with van der Waals surface area (Å²) in [4.78, 5) is 0. The number of nitrogens with one attached hydrogen (secondary N) is 1. The summed E-state index contributed by atoms with van der Waals surface area (Å²) < 4.78 is 14.0. The number of hydrogen-bond donors (Lipinski definition) is 1. The molecule has 0 spiro atoms. The molecule has 3 rings (SSSR count). The highest BCUT2D eigenvalue weighted by Crippen LogP contribution is 2.37. The molecule has 1 aliphatic rings. The molecule has 1 N–H and O–H groups in total. The van der Waals surface area contributed by atoms with Gasteiger partial charge in [0.25, 0.3) is 0 Å². The highest BCUT2D eigenvalue weighted by atomic mass is 35.5. The Hall–Kier alpha value is -1.38. The third-order valence-electron chi connectivity index (χ3n) is 4.49. The van der Waals surface area contributed by atoms with Gasteiger partial charge in [-0.15, -0.1) is 0 Å². The number of hydrogen-bond acceptors (Lipinski definition) is 1. The molecule has 2 unspecified atom stereocenters. The van der Waals surface area contributed by atoms with E-state index in [1.807, 2.05) is 7.05 Å². The Morgan fingerprint density at radius 2 is 2.00 bits per heavy atom. The van der Waals surface area contributed by atoms with Gasteiger partial charge in [0.15, 0.2) is 0 Å². The molecule has 2 aromatic carbocycles. The van der Waals surface area contributed by atoms with E-state index in [1.165, 1.54) is 17.2 Å². The molecule has 0 fully saturated rings. The summed E-state index contributed by atoms with van der Waals surface area (Å²) in [6, 6.07) is 13.7. The highest BCUT2D eigenvalue weighted by molar-refractivity contribution is 6.31. The van der Waals surface area contributed by atoms with Crippen LogP contribution in [0.5, 0.6) is 0 Å². The van der Waals surface area contributed by atoms with E-state index in [0.717, 1.165) is 12.8 Å². The first-order valence-electron chi connectivity index (χ1n) is 7.38. The summed E-state index contributed by atoms with van der Waals surface area (Å²) in [5.74, 6) is 0.163. The summed E-state index contributed by atoms with van der Waals surface area (Å²) in [6.45, 7) is 0. The maximum absolute atomic E-state index is 14.0. The SMILES string of the molecule is CNC1c2ccccc2CCC1Cc1c(F)cccc1Cl. The van der Waals surface area contributed by atoms with E-state index in [9.17, 15) is 4.39 Å².